The Bertz CT molecular complexity index is 94.1. The van der Waals surface area contributed by atoms with E-state index in [-0.39, 0.29) is 0 Å². The van der Waals surface area contributed by atoms with Gasteiger partial charge in [0.1, 0.15) is 0 Å². The van der Waals surface area contributed by atoms with Gasteiger partial charge in [0.05, 0.1) is 33.0 Å². The molecule has 0 unspecified atom stereocenters. The molecule has 0 amide bonds. The van der Waals surface area contributed by atoms with Crippen molar-refractivity contribution in [3.05, 3.63) is 0 Å². The van der Waals surface area contributed by atoms with Crippen LogP contribution in [0.2, 0.25) is 0 Å². The molecule has 0 spiro atoms. The zero-order chi connectivity index (χ0) is 10.5. The predicted octanol–water partition coefficient (Wildman–Crippen LogP) is 0.494. The fourth-order valence-electron chi connectivity index (χ4n) is 0.815. The normalized spacial score (nSPS) is 10.7. The molecule has 0 saturated carbocycles. The molecule has 5 heteroatoms. The second kappa shape index (κ2) is 13.1. The summed E-state index contributed by atoms with van der Waals surface area (Å²) < 4.78 is 15.3. The Balaban J connectivity index is 2.78. The maximum atomic E-state index is 5.44. The van der Waals surface area contributed by atoms with Crippen LogP contribution in [0, 0.1) is 0 Å². The molecule has 0 bridgehead atoms. The van der Waals surface area contributed by atoms with Gasteiger partial charge >= 0.3 is 0 Å². The molecular formula is C9H20ClNO3. The average Bonchev–Trinajstić information content (AvgIpc) is 2.21. The Morgan fingerprint density at radius 3 is 2.14 bits per heavy atom. The smallest absolute Gasteiger partial charge is 0.0700 e. The summed E-state index contributed by atoms with van der Waals surface area (Å²) >= 11 is 5.44. The van der Waals surface area contributed by atoms with Gasteiger partial charge in [-0.3, -0.25) is 0 Å². The Morgan fingerprint density at radius 1 is 0.929 bits per heavy atom. The summed E-state index contributed by atoms with van der Waals surface area (Å²) in [4.78, 5) is 0. The quantitative estimate of drug-likeness (QED) is 0.411. The monoisotopic (exact) mass is 225 g/mol. The molecule has 1 N–H and O–H groups in total. The molecule has 4 nitrogen and oxygen atoms in total. The van der Waals surface area contributed by atoms with E-state index in [1.54, 1.807) is 7.11 Å². The first-order chi connectivity index (χ1) is 6.91. The zero-order valence-electron chi connectivity index (χ0n) is 8.76. The SMILES string of the molecule is COCCOCCNCCOCCCl. The van der Waals surface area contributed by atoms with E-state index in [9.17, 15) is 0 Å². The van der Waals surface area contributed by atoms with Crippen molar-refractivity contribution in [2.75, 3.05) is 59.1 Å². The fourth-order valence-corrected chi connectivity index (χ4v) is 0.924. The zero-order valence-corrected chi connectivity index (χ0v) is 9.52. The summed E-state index contributed by atoms with van der Waals surface area (Å²) in [5.74, 6) is 0.556. The standard InChI is InChI=1S/C9H20ClNO3/c1-12-8-9-14-7-4-11-3-6-13-5-2-10/h11H,2-9H2,1H3. The van der Waals surface area contributed by atoms with Crippen LogP contribution in [0.4, 0.5) is 0 Å². The number of hydrogen-bond donors (Lipinski definition) is 1. The average molecular weight is 226 g/mol. The minimum absolute atomic E-state index is 0.556. The molecule has 0 radical (unpaired) electrons. The first-order valence-corrected chi connectivity index (χ1v) is 5.36. The maximum Gasteiger partial charge on any atom is 0.0700 e. The maximum absolute atomic E-state index is 5.44. The van der Waals surface area contributed by atoms with Gasteiger partial charge in [-0.2, -0.15) is 0 Å². The number of ether oxygens (including phenoxy) is 3. The lowest BCUT2D eigenvalue weighted by atomic mass is 10.6. The topological polar surface area (TPSA) is 39.7 Å². The van der Waals surface area contributed by atoms with E-state index in [0.29, 0.717) is 38.9 Å². The Kier molecular flexibility index (Phi) is 13.3. The van der Waals surface area contributed by atoms with E-state index in [1.807, 2.05) is 0 Å². The van der Waals surface area contributed by atoms with Crippen LogP contribution in [-0.4, -0.2) is 59.1 Å². The van der Waals surface area contributed by atoms with Crippen molar-refractivity contribution in [1.29, 1.82) is 0 Å². The van der Waals surface area contributed by atoms with Gasteiger partial charge < -0.3 is 19.5 Å². The molecule has 0 aromatic heterocycles. The van der Waals surface area contributed by atoms with Crippen molar-refractivity contribution in [3.63, 3.8) is 0 Å². The number of rotatable bonds is 11. The van der Waals surface area contributed by atoms with Gasteiger partial charge in [0.2, 0.25) is 0 Å². The van der Waals surface area contributed by atoms with Gasteiger partial charge in [-0.1, -0.05) is 0 Å². The minimum Gasteiger partial charge on any atom is -0.382 e. The van der Waals surface area contributed by atoms with Gasteiger partial charge in [-0.15, -0.1) is 11.6 Å². The predicted molar refractivity (Wildman–Crippen MR) is 57.1 cm³/mol. The molecule has 0 heterocycles. The first-order valence-electron chi connectivity index (χ1n) is 4.83. The highest BCUT2D eigenvalue weighted by Gasteiger charge is 1.89. The van der Waals surface area contributed by atoms with Crippen molar-refractivity contribution < 1.29 is 14.2 Å². The number of methoxy groups -OCH3 is 1. The molecule has 86 valence electrons. The molecule has 0 saturated heterocycles. The van der Waals surface area contributed by atoms with Gasteiger partial charge in [-0.05, 0) is 0 Å². The Labute approximate surface area is 90.9 Å². The van der Waals surface area contributed by atoms with Crippen LogP contribution >= 0.6 is 11.6 Å². The molecule has 0 fully saturated rings. The van der Waals surface area contributed by atoms with Crippen LogP contribution in [0.25, 0.3) is 0 Å². The first kappa shape index (κ1) is 14.1. The summed E-state index contributed by atoms with van der Waals surface area (Å²) in [5.41, 5.74) is 0. The molecule has 0 atom stereocenters. The van der Waals surface area contributed by atoms with Crippen LogP contribution in [0.15, 0.2) is 0 Å². The highest BCUT2D eigenvalue weighted by molar-refractivity contribution is 6.17. The molecule has 0 aliphatic rings. The lowest BCUT2D eigenvalue weighted by molar-refractivity contribution is 0.0708. The number of hydrogen-bond acceptors (Lipinski definition) is 4. The van der Waals surface area contributed by atoms with Crippen LogP contribution < -0.4 is 5.32 Å². The molecule has 0 aromatic carbocycles. The summed E-state index contributed by atoms with van der Waals surface area (Å²) in [6.45, 7) is 5.01. The van der Waals surface area contributed by atoms with E-state index >= 15 is 0 Å². The van der Waals surface area contributed by atoms with E-state index in [2.05, 4.69) is 5.32 Å². The lowest BCUT2D eigenvalue weighted by Gasteiger charge is -2.05. The van der Waals surface area contributed by atoms with Gasteiger partial charge in [0, 0.05) is 26.1 Å². The second-order valence-corrected chi connectivity index (χ2v) is 3.03. The van der Waals surface area contributed by atoms with Crippen molar-refractivity contribution in [3.8, 4) is 0 Å². The summed E-state index contributed by atoms with van der Waals surface area (Å²) in [6, 6.07) is 0. The van der Waals surface area contributed by atoms with E-state index in [0.717, 1.165) is 13.1 Å². The largest absolute Gasteiger partial charge is 0.382 e. The second-order valence-electron chi connectivity index (χ2n) is 2.66. The van der Waals surface area contributed by atoms with Gasteiger partial charge in [0.25, 0.3) is 0 Å². The number of halogens is 1. The van der Waals surface area contributed by atoms with Crippen molar-refractivity contribution in [1.82, 2.24) is 5.32 Å². The third kappa shape index (κ3) is 12.1. The molecule has 0 aliphatic heterocycles. The van der Waals surface area contributed by atoms with Crippen LogP contribution in [0.3, 0.4) is 0 Å². The third-order valence-electron chi connectivity index (χ3n) is 1.50. The van der Waals surface area contributed by atoms with E-state index in [1.165, 1.54) is 0 Å². The third-order valence-corrected chi connectivity index (χ3v) is 1.65. The minimum atomic E-state index is 0.556. The van der Waals surface area contributed by atoms with Gasteiger partial charge in [0.15, 0.2) is 0 Å². The molecule has 14 heavy (non-hydrogen) atoms. The fraction of sp³-hybridized carbons (Fsp3) is 1.00. The summed E-state index contributed by atoms with van der Waals surface area (Å²) in [5, 5.41) is 3.19. The van der Waals surface area contributed by atoms with Crippen molar-refractivity contribution >= 4 is 11.6 Å². The van der Waals surface area contributed by atoms with Gasteiger partial charge in [-0.25, -0.2) is 0 Å². The van der Waals surface area contributed by atoms with Crippen LogP contribution in [0.1, 0.15) is 0 Å². The number of alkyl halides is 1. The highest BCUT2D eigenvalue weighted by atomic mass is 35.5. The molecule has 0 rings (SSSR count). The van der Waals surface area contributed by atoms with E-state index < -0.39 is 0 Å². The number of nitrogens with one attached hydrogen (secondary N) is 1. The Morgan fingerprint density at radius 2 is 1.57 bits per heavy atom. The van der Waals surface area contributed by atoms with Crippen LogP contribution in [-0.2, 0) is 14.2 Å². The van der Waals surface area contributed by atoms with Crippen LogP contribution in [0.5, 0.6) is 0 Å². The molecule has 0 aromatic rings. The lowest BCUT2D eigenvalue weighted by Crippen LogP contribution is -2.24. The van der Waals surface area contributed by atoms with E-state index in [4.69, 9.17) is 25.8 Å². The van der Waals surface area contributed by atoms with Crippen molar-refractivity contribution in [2.45, 2.75) is 0 Å². The highest BCUT2D eigenvalue weighted by Crippen LogP contribution is 1.78. The molecule has 0 aliphatic carbocycles. The van der Waals surface area contributed by atoms with Crippen molar-refractivity contribution in [2.24, 2.45) is 0 Å². The Hall–Kier alpha value is 0.130. The summed E-state index contributed by atoms with van der Waals surface area (Å²) in [7, 11) is 1.66. The molecular weight excluding hydrogens is 206 g/mol. The summed E-state index contributed by atoms with van der Waals surface area (Å²) in [6.07, 6.45) is 0.